The van der Waals surface area contributed by atoms with Gasteiger partial charge in [-0.3, -0.25) is 14.2 Å². The first-order valence-corrected chi connectivity index (χ1v) is 11.0. The summed E-state index contributed by atoms with van der Waals surface area (Å²) in [7, 11) is 2.79. The Morgan fingerprint density at radius 1 is 1.19 bits per heavy atom. The zero-order valence-electron chi connectivity index (χ0n) is 19.0. The van der Waals surface area contributed by atoms with E-state index in [1.165, 1.54) is 17.2 Å². The molecular weight excluding hydrogens is 410 g/mol. The first kappa shape index (κ1) is 21.9. The number of nitrogens with zero attached hydrogens (tertiary/aromatic N) is 5. The van der Waals surface area contributed by atoms with Crippen LogP contribution in [0, 0.1) is 5.92 Å². The summed E-state index contributed by atoms with van der Waals surface area (Å²) in [6.07, 6.45) is 3.36. The molecule has 170 valence electrons. The van der Waals surface area contributed by atoms with Crippen LogP contribution in [0.1, 0.15) is 32.3 Å². The lowest BCUT2D eigenvalue weighted by Gasteiger charge is -2.33. The molecule has 1 atom stereocenters. The van der Waals surface area contributed by atoms with E-state index in [1.54, 1.807) is 7.05 Å². The first-order valence-electron chi connectivity index (χ1n) is 11.0. The van der Waals surface area contributed by atoms with Crippen LogP contribution in [0.5, 0.6) is 0 Å². The maximum Gasteiger partial charge on any atom is 0.333 e. The maximum absolute atomic E-state index is 13.2. The molecule has 0 fully saturated rings. The number of anilines is 2. The number of ether oxygens (including phenoxy) is 1. The maximum atomic E-state index is 13.2. The third-order valence-electron chi connectivity index (χ3n) is 6.02. The third-order valence-corrected chi connectivity index (χ3v) is 6.02. The monoisotopic (exact) mass is 439 g/mol. The largest absolute Gasteiger partial charge is 0.468 e. The topological polar surface area (TPSA) is 91.4 Å². The van der Waals surface area contributed by atoms with Crippen molar-refractivity contribution in [2.75, 3.05) is 18.6 Å². The fourth-order valence-electron chi connectivity index (χ4n) is 4.28. The Morgan fingerprint density at radius 3 is 2.56 bits per heavy atom. The molecule has 9 heteroatoms. The van der Waals surface area contributed by atoms with Gasteiger partial charge in [-0.2, -0.15) is 4.98 Å². The van der Waals surface area contributed by atoms with Gasteiger partial charge in [-0.25, -0.2) is 9.36 Å². The van der Waals surface area contributed by atoms with Crippen LogP contribution in [0.25, 0.3) is 11.2 Å². The second-order valence-corrected chi connectivity index (χ2v) is 8.49. The Morgan fingerprint density at radius 2 is 1.91 bits per heavy atom. The summed E-state index contributed by atoms with van der Waals surface area (Å²) in [6, 6.07) is 8.44. The minimum atomic E-state index is -0.653. The van der Waals surface area contributed by atoms with E-state index < -0.39 is 23.8 Å². The molecule has 1 aliphatic heterocycles. The molecule has 0 spiro atoms. The molecule has 4 rings (SSSR count). The van der Waals surface area contributed by atoms with Gasteiger partial charge in [0.1, 0.15) is 6.54 Å². The molecule has 1 aromatic carbocycles. The van der Waals surface area contributed by atoms with Crippen LogP contribution in [0.15, 0.2) is 33.9 Å². The zero-order valence-corrected chi connectivity index (χ0v) is 19.0. The quantitative estimate of drug-likeness (QED) is 0.547. The second kappa shape index (κ2) is 8.64. The average molecular weight is 440 g/mol. The molecule has 32 heavy (non-hydrogen) atoms. The van der Waals surface area contributed by atoms with E-state index in [2.05, 4.69) is 47.7 Å². The highest BCUT2D eigenvalue weighted by atomic mass is 16.5. The molecule has 2 aromatic heterocycles. The van der Waals surface area contributed by atoms with Gasteiger partial charge in [0.25, 0.3) is 5.56 Å². The summed E-state index contributed by atoms with van der Waals surface area (Å²) in [5.41, 5.74) is 1.80. The number of methoxy groups -OCH3 is 1. The van der Waals surface area contributed by atoms with Crippen LogP contribution >= 0.6 is 0 Å². The van der Waals surface area contributed by atoms with E-state index in [1.807, 2.05) is 4.57 Å². The molecule has 0 N–H and O–H groups in total. The molecular formula is C23H29N5O4. The normalized spacial score (nSPS) is 15.8. The van der Waals surface area contributed by atoms with Crippen molar-refractivity contribution in [2.24, 2.45) is 13.0 Å². The number of aromatic nitrogens is 4. The highest BCUT2D eigenvalue weighted by molar-refractivity contribution is 5.77. The van der Waals surface area contributed by atoms with E-state index >= 15 is 0 Å². The molecule has 9 nitrogen and oxygen atoms in total. The van der Waals surface area contributed by atoms with Crippen molar-refractivity contribution >= 4 is 28.8 Å². The van der Waals surface area contributed by atoms with Gasteiger partial charge in [-0.15, -0.1) is 0 Å². The number of benzene rings is 1. The lowest BCUT2D eigenvalue weighted by molar-refractivity contribution is -0.141. The molecule has 1 aliphatic rings. The standard InChI is InChI=1S/C23H29N5O4/c1-5-6-7-16-8-10-17(11-9-16)26-12-15(2)13-27-19-20(24-22(26)27)25(3)23(31)28(21(19)30)14-18(29)32-4/h8-11,15H,5-7,12-14H2,1-4H3/t15-/m1/s1. The van der Waals surface area contributed by atoms with Crippen molar-refractivity contribution in [3.8, 4) is 0 Å². The van der Waals surface area contributed by atoms with Gasteiger partial charge in [0.2, 0.25) is 5.95 Å². The van der Waals surface area contributed by atoms with Crippen molar-refractivity contribution in [1.29, 1.82) is 0 Å². The fraction of sp³-hybridized carbons (Fsp3) is 0.478. The molecule has 3 heterocycles. The van der Waals surface area contributed by atoms with Gasteiger partial charge in [0.05, 0.1) is 7.11 Å². The van der Waals surface area contributed by atoms with Gasteiger partial charge in [-0.1, -0.05) is 32.4 Å². The summed E-state index contributed by atoms with van der Waals surface area (Å²) in [4.78, 5) is 44.6. The van der Waals surface area contributed by atoms with E-state index in [4.69, 9.17) is 4.98 Å². The highest BCUT2D eigenvalue weighted by Gasteiger charge is 2.30. The molecule has 0 amide bonds. The molecule has 0 radical (unpaired) electrons. The number of rotatable bonds is 6. The van der Waals surface area contributed by atoms with Crippen LogP contribution in [0.2, 0.25) is 0 Å². The number of hydrogen-bond acceptors (Lipinski definition) is 6. The van der Waals surface area contributed by atoms with Crippen molar-refractivity contribution in [3.05, 3.63) is 50.7 Å². The van der Waals surface area contributed by atoms with Crippen LogP contribution in [-0.4, -0.2) is 38.3 Å². The van der Waals surface area contributed by atoms with Gasteiger partial charge in [0.15, 0.2) is 11.2 Å². The fourth-order valence-corrected chi connectivity index (χ4v) is 4.28. The molecule has 0 aliphatic carbocycles. The number of unbranched alkanes of at least 4 members (excludes halogenated alkanes) is 1. The summed E-state index contributed by atoms with van der Waals surface area (Å²) >= 11 is 0. The molecule has 3 aromatic rings. The number of carbonyl (C=O) groups is 1. The average Bonchev–Trinajstić information content (AvgIpc) is 3.18. The summed E-state index contributed by atoms with van der Waals surface area (Å²) < 4.78 is 8.76. The first-order chi connectivity index (χ1) is 15.3. The van der Waals surface area contributed by atoms with Crippen LogP contribution in [0.4, 0.5) is 11.6 Å². The lowest BCUT2D eigenvalue weighted by Crippen LogP contribution is -2.42. The van der Waals surface area contributed by atoms with E-state index in [0.717, 1.165) is 36.1 Å². The SMILES string of the molecule is CCCCc1ccc(N2C[C@@H](C)Cn3c2nc2c3c(=O)n(CC(=O)OC)c(=O)n2C)cc1. The molecule has 0 unspecified atom stereocenters. The summed E-state index contributed by atoms with van der Waals surface area (Å²) in [5.74, 6) is 0.229. The Bertz CT molecular complexity index is 1270. The number of imidazole rings is 1. The Labute approximate surface area is 185 Å². The van der Waals surface area contributed by atoms with Gasteiger partial charge < -0.3 is 14.2 Å². The summed E-state index contributed by atoms with van der Waals surface area (Å²) in [6.45, 7) is 5.22. The van der Waals surface area contributed by atoms with Gasteiger partial charge in [0, 0.05) is 25.8 Å². The van der Waals surface area contributed by atoms with Gasteiger partial charge >= 0.3 is 11.7 Å². The van der Waals surface area contributed by atoms with Crippen LogP contribution in [0.3, 0.4) is 0 Å². The predicted molar refractivity (Wildman–Crippen MR) is 122 cm³/mol. The Hall–Kier alpha value is -3.36. The van der Waals surface area contributed by atoms with Crippen molar-refractivity contribution in [3.63, 3.8) is 0 Å². The van der Waals surface area contributed by atoms with Crippen LogP contribution in [-0.2, 0) is 36.1 Å². The minimum Gasteiger partial charge on any atom is -0.468 e. The van der Waals surface area contributed by atoms with Crippen molar-refractivity contribution in [1.82, 2.24) is 18.7 Å². The molecule has 0 saturated carbocycles. The molecule has 0 bridgehead atoms. The van der Waals surface area contributed by atoms with E-state index in [-0.39, 0.29) is 5.92 Å². The smallest absolute Gasteiger partial charge is 0.333 e. The Kier molecular flexibility index (Phi) is 5.90. The van der Waals surface area contributed by atoms with Gasteiger partial charge in [-0.05, 0) is 36.5 Å². The third kappa shape index (κ3) is 3.72. The van der Waals surface area contributed by atoms with E-state index in [9.17, 15) is 14.4 Å². The minimum absolute atomic E-state index is 0.255. The predicted octanol–water partition coefficient (Wildman–Crippen LogP) is 2.20. The number of carbonyl (C=O) groups excluding carboxylic acids is 1. The number of aryl methyl sites for hydroxylation is 2. The second-order valence-electron chi connectivity index (χ2n) is 8.49. The van der Waals surface area contributed by atoms with Crippen molar-refractivity contribution < 1.29 is 9.53 Å². The number of hydrogen-bond donors (Lipinski definition) is 0. The number of fused-ring (bicyclic) bond motifs is 3. The summed E-state index contributed by atoms with van der Waals surface area (Å²) in [5, 5.41) is 0. The van der Waals surface area contributed by atoms with Crippen molar-refractivity contribution in [2.45, 2.75) is 46.2 Å². The van der Waals surface area contributed by atoms with E-state index in [0.29, 0.717) is 23.7 Å². The number of esters is 1. The molecule has 0 saturated heterocycles. The lowest BCUT2D eigenvalue weighted by atomic mass is 10.1. The Balaban J connectivity index is 1.85. The van der Waals surface area contributed by atoms with Crippen LogP contribution < -0.4 is 16.1 Å². The zero-order chi connectivity index (χ0) is 23.0. The highest BCUT2D eigenvalue weighted by Crippen LogP contribution is 2.33.